The van der Waals surface area contributed by atoms with E-state index in [0.717, 1.165) is 25.7 Å². The maximum Gasteiger partial charge on any atom is 0.451 e. The second-order valence-corrected chi connectivity index (χ2v) is 5.57. The summed E-state index contributed by atoms with van der Waals surface area (Å²) in [5, 5.41) is 0. The zero-order valence-electron chi connectivity index (χ0n) is 8.32. The van der Waals surface area contributed by atoms with E-state index in [1.54, 1.807) is 22.6 Å². The molecule has 0 aromatic rings. The number of Topliss-reactive ketones (excluding diaryl/α,β-unsaturated/α-hetero) is 1. The first kappa shape index (κ1) is 13.3. The van der Waals surface area contributed by atoms with Gasteiger partial charge in [0.15, 0.2) is 0 Å². The van der Waals surface area contributed by atoms with Crippen molar-refractivity contribution < 1.29 is 18.0 Å². The highest BCUT2D eigenvalue weighted by molar-refractivity contribution is 14.1. The summed E-state index contributed by atoms with van der Waals surface area (Å²) < 4.78 is 35.4. The minimum Gasteiger partial charge on any atom is -0.288 e. The van der Waals surface area contributed by atoms with E-state index in [4.69, 9.17) is 0 Å². The average Bonchev–Trinajstić information content (AvgIpc) is 2.16. The molecule has 5 heteroatoms. The van der Waals surface area contributed by atoms with Crippen molar-refractivity contribution in [2.75, 3.05) is 0 Å². The Bertz CT molecular complexity index is 221. The number of halogens is 4. The van der Waals surface area contributed by atoms with Gasteiger partial charge in [0.2, 0.25) is 5.78 Å². The van der Waals surface area contributed by atoms with E-state index in [1.807, 2.05) is 0 Å². The van der Waals surface area contributed by atoms with E-state index in [0.29, 0.717) is 12.3 Å². The quantitative estimate of drug-likeness (QED) is 0.565. The summed E-state index contributed by atoms with van der Waals surface area (Å²) in [6, 6.07) is 0. The van der Waals surface area contributed by atoms with E-state index >= 15 is 0 Å². The molecule has 1 aliphatic rings. The van der Waals surface area contributed by atoms with E-state index in [9.17, 15) is 18.0 Å². The molecule has 15 heavy (non-hydrogen) atoms. The van der Waals surface area contributed by atoms with Crippen LogP contribution in [0.15, 0.2) is 0 Å². The summed E-state index contributed by atoms with van der Waals surface area (Å²) >= 11 is 1.63. The molecule has 0 spiro atoms. The standard InChI is InChI=1S/C10H14F3IO/c11-10(12,13)9(15)8(14)6-7-4-2-1-3-5-7/h7-8H,1-6H2. The predicted molar refractivity (Wildman–Crippen MR) is 60.1 cm³/mol. The van der Waals surface area contributed by atoms with Crippen molar-refractivity contribution in [3.8, 4) is 0 Å². The molecule has 0 saturated heterocycles. The highest BCUT2D eigenvalue weighted by Gasteiger charge is 2.42. The van der Waals surface area contributed by atoms with E-state index < -0.39 is 15.9 Å². The molecule has 1 unspecified atom stereocenters. The van der Waals surface area contributed by atoms with Crippen molar-refractivity contribution in [3.05, 3.63) is 0 Å². The molecule has 1 saturated carbocycles. The number of alkyl halides is 4. The van der Waals surface area contributed by atoms with Crippen molar-refractivity contribution in [1.82, 2.24) is 0 Å². The van der Waals surface area contributed by atoms with Crippen LogP contribution in [0.4, 0.5) is 13.2 Å². The van der Waals surface area contributed by atoms with Crippen LogP contribution in [-0.2, 0) is 4.79 Å². The summed E-state index contributed by atoms with van der Waals surface area (Å²) in [6.45, 7) is 0. The molecule has 1 fully saturated rings. The molecule has 88 valence electrons. The van der Waals surface area contributed by atoms with Gasteiger partial charge in [0.05, 0.1) is 3.92 Å². The Hall–Kier alpha value is 0.190. The highest BCUT2D eigenvalue weighted by Crippen LogP contribution is 2.32. The van der Waals surface area contributed by atoms with Gasteiger partial charge in [0.1, 0.15) is 0 Å². The van der Waals surface area contributed by atoms with Gasteiger partial charge in [-0.05, 0) is 12.3 Å². The van der Waals surface area contributed by atoms with Crippen molar-refractivity contribution in [1.29, 1.82) is 0 Å². The van der Waals surface area contributed by atoms with Gasteiger partial charge in [-0.25, -0.2) is 0 Å². The van der Waals surface area contributed by atoms with Gasteiger partial charge in [-0.2, -0.15) is 13.2 Å². The summed E-state index contributed by atoms with van der Waals surface area (Å²) in [5.74, 6) is -1.26. The molecule has 0 aromatic carbocycles. The molecule has 1 rings (SSSR count). The zero-order chi connectivity index (χ0) is 11.5. The number of hydrogen-bond donors (Lipinski definition) is 0. The van der Waals surface area contributed by atoms with Crippen LogP contribution in [-0.4, -0.2) is 15.9 Å². The first-order valence-electron chi connectivity index (χ1n) is 5.16. The number of carbonyl (C=O) groups excluding carboxylic acids is 1. The Labute approximate surface area is 101 Å². The minimum absolute atomic E-state index is 0.312. The summed E-state index contributed by atoms with van der Waals surface area (Å²) in [6.07, 6.45) is 1.03. The van der Waals surface area contributed by atoms with Crippen molar-refractivity contribution in [2.45, 2.75) is 48.6 Å². The number of rotatable bonds is 3. The monoisotopic (exact) mass is 334 g/mol. The van der Waals surface area contributed by atoms with Crippen molar-refractivity contribution >= 4 is 28.4 Å². The maximum absolute atomic E-state index is 12.1. The van der Waals surface area contributed by atoms with Crippen LogP contribution in [0.1, 0.15) is 38.5 Å². The lowest BCUT2D eigenvalue weighted by atomic mass is 9.85. The molecule has 0 aliphatic heterocycles. The smallest absolute Gasteiger partial charge is 0.288 e. The first-order valence-corrected chi connectivity index (χ1v) is 6.41. The third-order valence-electron chi connectivity index (χ3n) is 2.83. The Morgan fingerprint density at radius 1 is 1.27 bits per heavy atom. The number of ketones is 1. The third kappa shape index (κ3) is 4.28. The van der Waals surface area contributed by atoms with E-state index in [1.165, 1.54) is 6.42 Å². The molecule has 0 heterocycles. The van der Waals surface area contributed by atoms with Crippen LogP contribution in [0.3, 0.4) is 0 Å². The van der Waals surface area contributed by atoms with Crippen LogP contribution in [0.5, 0.6) is 0 Å². The van der Waals surface area contributed by atoms with E-state index in [2.05, 4.69) is 0 Å². The fourth-order valence-electron chi connectivity index (χ4n) is 2.00. The van der Waals surface area contributed by atoms with Crippen molar-refractivity contribution in [2.24, 2.45) is 5.92 Å². The lowest BCUT2D eigenvalue weighted by Gasteiger charge is -2.23. The highest BCUT2D eigenvalue weighted by atomic mass is 127. The van der Waals surface area contributed by atoms with Gasteiger partial charge in [0, 0.05) is 0 Å². The van der Waals surface area contributed by atoms with Crippen molar-refractivity contribution in [3.63, 3.8) is 0 Å². The van der Waals surface area contributed by atoms with E-state index in [-0.39, 0.29) is 0 Å². The maximum atomic E-state index is 12.1. The Balaban J connectivity index is 2.40. The minimum atomic E-state index is -4.67. The lowest BCUT2D eigenvalue weighted by Crippen LogP contribution is -2.32. The molecule has 0 N–H and O–H groups in total. The zero-order valence-corrected chi connectivity index (χ0v) is 10.5. The van der Waals surface area contributed by atoms with Crippen LogP contribution in [0, 0.1) is 5.92 Å². The molecular weight excluding hydrogens is 320 g/mol. The fourth-order valence-corrected chi connectivity index (χ4v) is 3.07. The van der Waals surface area contributed by atoms with Crippen LogP contribution < -0.4 is 0 Å². The summed E-state index contributed by atoms with van der Waals surface area (Å²) in [5.41, 5.74) is 0. The molecule has 1 atom stereocenters. The lowest BCUT2D eigenvalue weighted by molar-refractivity contribution is -0.170. The summed E-state index contributed by atoms with van der Waals surface area (Å²) in [4.78, 5) is 10.9. The fraction of sp³-hybridized carbons (Fsp3) is 0.900. The van der Waals surface area contributed by atoms with Gasteiger partial charge in [-0.1, -0.05) is 54.7 Å². The SMILES string of the molecule is O=C(C(I)CC1CCCCC1)C(F)(F)F. The molecule has 1 aliphatic carbocycles. The van der Waals surface area contributed by atoms with Gasteiger partial charge >= 0.3 is 6.18 Å². The first-order chi connectivity index (χ1) is 6.91. The second kappa shape index (κ2) is 5.50. The van der Waals surface area contributed by atoms with Crippen LogP contribution in [0.2, 0.25) is 0 Å². The Morgan fingerprint density at radius 3 is 2.27 bits per heavy atom. The van der Waals surface area contributed by atoms with Gasteiger partial charge in [0.25, 0.3) is 0 Å². The number of hydrogen-bond acceptors (Lipinski definition) is 1. The average molecular weight is 334 g/mol. The van der Waals surface area contributed by atoms with Crippen LogP contribution in [0.25, 0.3) is 0 Å². The topological polar surface area (TPSA) is 17.1 Å². The molecule has 0 radical (unpaired) electrons. The molecule has 0 amide bonds. The predicted octanol–water partition coefficient (Wildman–Crippen LogP) is 3.89. The molecule has 1 nitrogen and oxygen atoms in total. The third-order valence-corrected chi connectivity index (χ3v) is 3.90. The molecule has 0 bridgehead atoms. The Kier molecular flexibility index (Phi) is 4.86. The number of carbonyl (C=O) groups is 1. The van der Waals surface area contributed by atoms with Gasteiger partial charge < -0.3 is 0 Å². The van der Waals surface area contributed by atoms with Gasteiger partial charge in [-0.15, -0.1) is 0 Å². The largest absolute Gasteiger partial charge is 0.451 e. The van der Waals surface area contributed by atoms with Crippen LogP contribution >= 0.6 is 22.6 Å². The summed E-state index contributed by atoms with van der Waals surface area (Å²) in [7, 11) is 0. The second-order valence-electron chi connectivity index (χ2n) is 4.07. The van der Waals surface area contributed by atoms with Gasteiger partial charge in [-0.3, -0.25) is 4.79 Å². The normalized spacial score (nSPS) is 21.3. The Morgan fingerprint density at radius 2 is 1.80 bits per heavy atom. The molecule has 0 aromatic heterocycles. The molecular formula is C10H14F3IO.